The van der Waals surface area contributed by atoms with Crippen molar-refractivity contribution in [2.45, 2.75) is 44.7 Å². The van der Waals surface area contributed by atoms with E-state index in [9.17, 15) is 4.79 Å². The Morgan fingerprint density at radius 1 is 1.03 bits per heavy atom. The van der Waals surface area contributed by atoms with Crippen LogP contribution in [0.15, 0.2) is 54.6 Å². The lowest BCUT2D eigenvalue weighted by Gasteiger charge is -2.36. The fourth-order valence-electron chi connectivity index (χ4n) is 4.77. The van der Waals surface area contributed by atoms with Crippen LogP contribution in [-0.4, -0.2) is 39.7 Å². The fraction of sp³-hybridized carbons (Fsp3) is 0.385. The van der Waals surface area contributed by atoms with Crippen LogP contribution >= 0.6 is 0 Å². The highest BCUT2D eigenvalue weighted by Gasteiger charge is 2.26. The minimum absolute atomic E-state index is 0.0326. The number of aryl methyl sites for hydroxylation is 1. The van der Waals surface area contributed by atoms with Gasteiger partial charge in [0.05, 0.1) is 17.9 Å². The molecule has 31 heavy (non-hydrogen) atoms. The number of hydrogen-bond acceptors (Lipinski definition) is 3. The molecule has 1 aliphatic carbocycles. The maximum atomic E-state index is 12.8. The summed E-state index contributed by atoms with van der Waals surface area (Å²) in [6.45, 7) is 2.68. The van der Waals surface area contributed by atoms with E-state index in [0.717, 1.165) is 54.5 Å². The molecule has 5 rings (SSSR count). The summed E-state index contributed by atoms with van der Waals surface area (Å²) >= 11 is 0. The number of nitrogens with one attached hydrogen (secondary N) is 1. The number of aromatic nitrogens is 2. The van der Waals surface area contributed by atoms with Crippen LogP contribution in [0.3, 0.4) is 0 Å². The summed E-state index contributed by atoms with van der Waals surface area (Å²) in [5, 5.41) is 7.62. The van der Waals surface area contributed by atoms with E-state index in [4.69, 9.17) is 0 Å². The van der Waals surface area contributed by atoms with E-state index in [0.29, 0.717) is 6.54 Å². The van der Waals surface area contributed by atoms with E-state index in [2.05, 4.69) is 39.6 Å². The van der Waals surface area contributed by atoms with E-state index in [-0.39, 0.29) is 5.91 Å². The van der Waals surface area contributed by atoms with Gasteiger partial charge >= 0.3 is 0 Å². The topological polar surface area (TPSA) is 50.2 Å². The zero-order valence-electron chi connectivity index (χ0n) is 18.2. The molecule has 1 N–H and O–H groups in total. The van der Waals surface area contributed by atoms with E-state index in [1.165, 1.54) is 30.4 Å². The van der Waals surface area contributed by atoms with Gasteiger partial charge in [0, 0.05) is 31.7 Å². The van der Waals surface area contributed by atoms with Gasteiger partial charge in [0.1, 0.15) is 0 Å². The number of amides is 1. The molecule has 0 spiro atoms. The molecule has 1 amide bonds. The molecular weight excluding hydrogens is 384 g/mol. The molecule has 160 valence electrons. The lowest BCUT2D eigenvalue weighted by atomic mass is 9.91. The minimum atomic E-state index is -0.0326. The fourth-order valence-corrected chi connectivity index (χ4v) is 4.77. The normalized spacial score (nSPS) is 16.9. The van der Waals surface area contributed by atoms with Crippen LogP contribution in [0, 0.1) is 0 Å². The van der Waals surface area contributed by atoms with E-state index < -0.39 is 0 Å². The van der Waals surface area contributed by atoms with Gasteiger partial charge in [-0.2, -0.15) is 5.10 Å². The monoisotopic (exact) mass is 414 g/mol. The molecule has 0 unspecified atom stereocenters. The van der Waals surface area contributed by atoms with Crippen molar-refractivity contribution >= 4 is 5.91 Å². The molecule has 2 aromatic carbocycles. The Balaban J connectivity index is 1.23. The van der Waals surface area contributed by atoms with Crippen molar-refractivity contribution in [3.05, 3.63) is 77.0 Å². The Kier molecular flexibility index (Phi) is 5.60. The van der Waals surface area contributed by atoms with Crippen LogP contribution in [-0.2, 0) is 26.4 Å². The van der Waals surface area contributed by atoms with Crippen molar-refractivity contribution in [1.29, 1.82) is 0 Å². The highest BCUT2D eigenvalue weighted by Crippen LogP contribution is 2.27. The third-order valence-electron chi connectivity index (χ3n) is 6.83. The quantitative estimate of drug-likeness (QED) is 0.687. The average molecular weight is 415 g/mol. The molecule has 2 aliphatic rings. The number of benzene rings is 2. The van der Waals surface area contributed by atoms with Crippen molar-refractivity contribution in [2.24, 2.45) is 7.05 Å². The maximum Gasteiger partial charge on any atom is 0.251 e. The molecule has 3 aromatic rings. The number of carbonyl (C=O) groups excluding carboxylic acids is 1. The summed E-state index contributed by atoms with van der Waals surface area (Å²) in [6.07, 6.45) is 6.20. The van der Waals surface area contributed by atoms with Gasteiger partial charge in [-0.05, 0) is 60.6 Å². The smallest absolute Gasteiger partial charge is 0.251 e. The van der Waals surface area contributed by atoms with Crippen LogP contribution in [0.5, 0.6) is 0 Å². The van der Waals surface area contributed by atoms with E-state index in [1.54, 1.807) is 0 Å². The molecule has 2 heterocycles. The molecule has 5 heteroatoms. The number of hydrogen-bond donors (Lipinski definition) is 1. The summed E-state index contributed by atoms with van der Waals surface area (Å²) in [4.78, 5) is 15.5. The van der Waals surface area contributed by atoms with Crippen LogP contribution < -0.4 is 5.32 Å². The molecule has 1 aliphatic heterocycles. The Morgan fingerprint density at radius 2 is 1.81 bits per heavy atom. The second-order valence-electron chi connectivity index (χ2n) is 8.80. The first-order chi connectivity index (χ1) is 15.2. The Morgan fingerprint density at radius 3 is 2.55 bits per heavy atom. The largest absolute Gasteiger partial charge is 0.346 e. The van der Waals surface area contributed by atoms with Gasteiger partial charge in [-0.3, -0.25) is 14.4 Å². The SMILES string of the molecule is Cn1nc(CNC(=O)c2ccc3c(c2)CCN(C2CCC2)CC3)cc1-c1ccccc1. The third kappa shape index (κ3) is 4.28. The highest BCUT2D eigenvalue weighted by molar-refractivity contribution is 5.94. The molecule has 0 bridgehead atoms. The summed E-state index contributed by atoms with van der Waals surface area (Å²) in [7, 11) is 1.94. The van der Waals surface area contributed by atoms with Gasteiger partial charge in [-0.15, -0.1) is 0 Å². The van der Waals surface area contributed by atoms with Crippen LogP contribution in [0.25, 0.3) is 11.3 Å². The number of nitrogens with zero attached hydrogens (tertiary/aromatic N) is 3. The number of fused-ring (bicyclic) bond motifs is 1. The first-order valence-electron chi connectivity index (χ1n) is 11.4. The number of carbonyl (C=O) groups is 1. The standard InChI is InChI=1S/C26H30N4O/c1-29-25(20-6-3-2-4-7-20)17-23(28-29)18-27-26(31)22-11-10-19-12-14-30(24-8-5-9-24)15-13-21(19)16-22/h2-4,6-7,10-11,16-17,24H,5,8-9,12-15,18H2,1H3,(H,27,31). The first kappa shape index (κ1) is 20.0. The Labute approximate surface area is 184 Å². The summed E-state index contributed by atoms with van der Waals surface area (Å²) in [5.74, 6) is -0.0326. The zero-order chi connectivity index (χ0) is 21.2. The van der Waals surface area contributed by atoms with Crippen LogP contribution in [0.2, 0.25) is 0 Å². The molecule has 1 saturated carbocycles. The zero-order valence-corrected chi connectivity index (χ0v) is 18.2. The van der Waals surface area contributed by atoms with Crippen molar-refractivity contribution in [3.63, 3.8) is 0 Å². The van der Waals surface area contributed by atoms with Crippen molar-refractivity contribution in [1.82, 2.24) is 20.0 Å². The lowest BCUT2D eigenvalue weighted by molar-refractivity contribution is 0.0950. The van der Waals surface area contributed by atoms with Gasteiger partial charge in [0.25, 0.3) is 5.91 Å². The highest BCUT2D eigenvalue weighted by atomic mass is 16.1. The molecular formula is C26H30N4O. The first-order valence-corrected chi connectivity index (χ1v) is 11.4. The third-order valence-corrected chi connectivity index (χ3v) is 6.83. The molecule has 5 nitrogen and oxygen atoms in total. The van der Waals surface area contributed by atoms with Crippen molar-refractivity contribution in [3.8, 4) is 11.3 Å². The van der Waals surface area contributed by atoms with Crippen molar-refractivity contribution in [2.75, 3.05) is 13.1 Å². The van der Waals surface area contributed by atoms with Gasteiger partial charge < -0.3 is 5.32 Å². The molecule has 1 fully saturated rings. The predicted octanol–water partition coefficient (Wildman–Crippen LogP) is 3.97. The van der Waals surface area contributed by atoms with Crippen molar-refractivity contribution < 1.29 is 4.79 Å². The lowest BCUT2D eigenvalue weighted by Crippen LogP contribution is -2.41. The van der Waals surface area contributed by atoms with E-state index in [1.807, 2.05) is 42.1 Å². The van der Waals surface area contributed by atoms with Gasteiger partial charge in [0.15, 0.2) is 0 Å². The molecule has 0 atom stereocenters. The van der Waals surface area contributed by atoms with Gasteiger partial charge in [-0.25, -0.2) is 0 Å². The second kappa shape index (κ2) is 8.67. The Bertz CT molecular complexity index is 1070. The Hall–Kier alpha value is -2.92. The van der Waals surface area contributed by atoms with E-state index >= 15 is 0 Å². The van der Waals surface area contributed by atoms with Gasteiger partial charge in [0.2, 0.25) is 0 Å². The predicted molar refractivity (Wildman–Crippen MR) is 123 cm³/mol. The molecule has 0 saturated heterocycles. The van der Waals surface area contributed by atoms with Gasteiger partial charge in [-0.1, -0.05) is 42.8 Å². The van der Waals surface area contributed by atoms with Crippen LogP contribution in [0.1, 0.15) is 46.4 Å². The summed E-state index contributed by atoms with van der Waals surface area (Å²) in [6, 6.07) is 19.3. The second-order valence-corrected chi connectivity index (χ2v) is 8.80. The summed E-state index contributed by atoms with van der Waals surface area (Å²) in [5.41, 5.74) is 6.51. The molecule has 0 radical (unpaired) electrons. The minimum Gasteiger partial charge on any atom is -0.346 e. The average Bonchev–Trinajstić information content (AvgIpc) is 3.01. The molecule has 1 aromatic heterocycles. The maximum absolute atomic E-state index is 12.8. The summed E-state index contributed by atoms with van der Waals surface area (Å²) < 4.78 is 1.87. The van der Waals surface area contributed by atoms with Crippen LogP contribution in [0.4, 0.5) is 0 Å². The number of rotatable bonds is 5.